The molecule has 0 amide bonds. The van der Waals surface area contributed by atoms with E-state index < -0.39 is 5.92 Å². The minimum atomic E-state index is -0.414. The van der Waals surface area contributed by atoms with Crippen LogP contribution in [0.4, 0.5) is 0 Å². The van der Waals surface area contributed by atoms with E-state index in [1.54, 1.807) is 0 Å². The van der Waals surface area contributed by atoms with Gasteiger partial charge in [0.05, 0.1) is 6.61 Å². The van der Waals surface area contributed by atoms with Gasteiger partial charge >= 0.3 is 5.97 Å². The maximum Gasteiger partial charge on any atom is 0.323 e. The Morgan fingerprint density at radius 1 is 0.844 bits per heavy atom. The van der Waals surface area contributed by atoms with Gasteiger partial charge in [-0.05, 0) is 52.3 Å². The van der Waals surface area contributed by atoms with Crippen molar-refractivity contribution in [2.45, 2.75) is 92.9 Å². The van der Waals surface area contributed by atoms with Crippen molar-refractivity contribution in [1.29, 1.82) is 0 Å². The topological polar surface area (TPSA) is 35.5 Å². The number of fused-ring (bicyclic) bond motifs is 1. The number of aryl methyl sites for hydroxylation is 2. The summed E-state index contributed by atoms with van der Waals surface area (Å²) in [6, 6.07) is 8.57. The van der Waals surface area contributed by atoms with Gasteiger partial charge in [0.1, 0.15) is 17.4 Å². The molecule has 0 aromatic heterocycles. The number of carbonyl (C=O) groups is 1. The lowest BCUT2D eigenvalue weighted by molar-refractivity contribution is -0.133. The Morgan fingerprint density at radius 3 is 1.88 bits per heavy atom. The van der Waals surface area contributed by atoms with Crippen LogP contribution in [0.5, 0.6) is 11.5 Å². The molecule has 1 heterocycles. The number of esters is 1. The molecule has 0 saturated heterocycles. The smallest absolute Gasteiger partial charge is 0.323 e. The van der Waals surface area contributed by atoms with Crippen molar-refractivity contribution in [3.05, 3.63) is 57.6 Å². The fourth-order valence-corrected chi connectivity index (χ4v) is 4.24. The molecule has 2 aromatic rings. The summed E-state index contributed by atoms with van der Waals surface area (Å²) in [4.78, 5) is 13.2. The molecule has 1 atom stereocenters. The summed E-state index contributed by atoms with van der Waals surface area (Å²) in [6.07, 6.45) is 0. The first-order valence-electron chi connectivity index (χ1n) is 11.6. The lowest BCUT2D eigenvalue weighted by Crippen LogP contribution is -2.18. The van der Waals surface area contributed by atoms with Crippen molar-refractivity contribution in [2.75, 3.05) is 6.61 Å². The van der Waals surface area contributed by atoms with Crippen LogP contribution < -0.4 is 9.47 Å². The highest BCUT2D eigenvalue weighted by Gasteiger charge is 2.39. The molecule has 0 N–H and O–H groups in total. The quantitative estimate of drug-likeness (QED) is 0.372. The predicted octanol–water partition coefficient (Wildman–Crippen LogP) is 7.37. The zero-order valence-corrected chi connectivity index (χ0v) is 21.8. The number of carbonyl (C=O) groups excluding carboxylic acids is 1. The Bertz CT molecular complexity index is 1020. The Kier molecular flexibility index (Phi) is 6.04. The van der Waals surface area contributed by atoms with E-state index in [0.29, 0.717) is 6.61 Å². The molecule has 1 aliphatic rings. The number of ether oxygens (including phenoxy) is 2. The van der Waals surface area contributed by atoms with Crippen molar-refractivity contribution in [3.8, 4) is 11.5 Å². The van der Waals surface area contributed by atoms with Gasteiger partial charge in [-0.25, -0.2) is 0 Å². The average Bonchev–Trinajstić information content (AvgIpc) is 2.92. The molecule has 3 rings (SSSR count). The van der Waals surface area contributed by atoms with E-state index >= 15 is 0 Å². The van der Waals surface area contributed by atoms with E-state index in [1.807, 2.05) is 0 Å². The third-order valence-electron chi connectivity index (χ3n) is 6.01. The van der Waals surface area contributed by atoms with Crippen LogP contribution in [0.25, 0.3) is 0 Å². The van der Waals surface area contributed by atoms with E-state index in [9.17, 15) is 4.79 Å². The van der Waals surface area contributed by atoms with E-state index in [2.05, 4.69) is 100 Å². The standard InChI is InChI=1S/C29H40O3/c1-17-12-19(13-18(2)24(17)31-16-27(3,4)5)23-21-14-20(28(6,7)8)15-22(29(9,10)11)25(21)32-26(23)30/h12-15,23H,16H2,1-11H3. The minimum absolute atomic E-state index is 0.0261. The number of hydrogen-bond donors (Lipinski definition) is 0. The Morgan fingerprint density at radius 2 is 1.41 bits per heavy atom. The molecule has 0 bridgehead atoms. The summed E-state index contributed by atoms with van der Waals surface area (Å²) >= 11 is 0. The van der Waals surface area contributed by atoms with Crippen LogP contribution in [0, 0.1) is 19.3 Å². The largest absolute Gasteiger partial charge is 0.492 e. The molecular weight excluding hydrogens is 396 g/mol. The monoisotopic (exact) mass is 436 g/mol. The lowest BCUT2D eigenvalue weighted by atomic mass is 9.77. The van der Waals surface area contributed by atoms with Gasteiger partial charge in [-0.15, -0.1) is 0 Å². The first-order chi connectivity index (χ1) is 14.5. The Labute approximate surface area is 194 Å². The minimum Gasteiger partial charge on any atom is -0.492 e. The Hall–Kier alpha value is -2.29. The van der Waals surface area contributed by atoms with Crippen LogP contribution in [0.3, 0.4) is 0 Å². The highest BCUT2D eigenvalue weighted by molar-refractivity contribution is 5.90. The highest BCUT2D eigenvalue weighted by Crippen LogP contribution is 2.48. The SMILES string of the molecule is Cc1cc(C2C(=O)Oc3c2cc(C(C)(C)C)cc3C(C)(C)C)cc(C)c1OCC(C)(C)C. The van der Waals surface area contributed by atoms with E-state index in [-0.39, 0.29) is 22.2 Å². The van der Waals surface area contributed by atoms with Crippen molar-refractivity contribution in [3.63, 3.8) is 0 Å². The highest BCUT2D eigenvalue weighted by atomic mass is 16.5. The molecule has 0 aliphatic carbocycles. The summed E-state index contributed by atoms with van der Waals surface area (Å²) < 4.78 is 12.1. The van der Waals surface area contributed by atoms with Gasteiger partial charge in [0.25, 0.3) is 0 Å². The molecule has 0 spiro atoms. The van der Waals surface area contributed by atoms with Crippen LogP contribution in [0.2, 0.25) is 0 Å². The van der Waals surface area contributed by atoms with Gasteiger partial charge in [0, 0.05) is 11.1 Å². The molecule has 174 valence electrons. The summed E-state index contributed by atoms with van der Waals surface area (Å²) in [6.45, 7) is 24.4. The fourth-order valence-electron chi connectivity index (χ4n) is 4.24. The van der Waals surface area contributed by atoms with Gasteiger partial charge in [0.15, 0.2) is 0 Å². The molecule has 2 aromatic carbocycles. The van der Waals surface area contributed by atoms with E-state index in [4.69, 9.17) is 9.47 Å². The fraction of sp³-hybridized carbons (Fsp3) is 0.552. The molecule has 0 saturated carbocycles. The first kappa shape index (κ1) is 24.4. The molecule has 3 nitrogen and oxygen atoms in total. The van der Waals surface area contributed by atoms with Crippen LogP contribution >= 0.6 is 0 Å². The zero-order chi connectivity index (χ0) is 24.2. The Balaban J connectivity index is 2.13. The van der Waals surface area contributed by atoms with Crippen molar-refractivity contribution in [1.82, 2.24) is 0 Å². The molecule has 0 radical (unpaired) electrons. The van der Waals surface area contributed by atoms with Crippen LogP contribution in [0.15, 0.2) is 24.3 Å². The summed E-state index contributed by atoms with van der Waals surface area (Å²) in [5, 5.41) is 0. The molecule has 32 heavy (non-hydrogen) atoms. The third kappa shape index (κ3) is 4.87. The van der Waals surface area contributed by atoms with Crippen LogP contribution in [-0.2, 0) is 15.6 Å². The summed E-state index contributed by atoms with van der Waals surface area (Å²) in [7, 11) is 0. The van der Waals surface area contributed by atoms with Crippen molar-refractivity contribution < 1.29 is 14.3 Å². The van der Waals surface area contributed by atoms with Crippen molar-refractivity contribution in [2.24, 2.45) is 5.41 Å². The van der Waals surface area contributed by atoms with Gasteiger partial charge in [0.2, 0.25) is 0 Å². The molecule has 1 unspecified atom stereocenters. The van der Waals surface area contributed by atoms with Crippen molar-refractivity contribution >= 4 is 5.97 Å². The maximum absolute atomic E-state index is 13.2. The molecule has 0 fully saturated rings. The molecular formula is C29H40O3. The van der Waals surface area contributed by atoms with E-state index in [1.165, 1.54) is 5.56 Å². The first-order valence-corrected chi connectivity index (χ1v) is 11.6. The summed E-state index contributed by atoms with van der Waals surface area (Å²) in [5.41, 5.74) is 6.30. The molecule has 3 heteroatoms. The predicted molar refractivity (Wildman–Crippen MR) is 132 cm³/mol. The zero-order valence-electron chi connectivity index (χ0n) is 21.8. The second-order valence-electron chi connectivity index (χ2n) is 12.6. The second kappa shape index (κ2) is 7.93. The van der Waals surface area contributed by atoms with Gasteiger partial charge in [-0.3, -0.25) is 4.79 Å². The number of hydrogen-bond acceptors (Lipinski definition) is 3. The molecule has 1 aliphatic heterocycles. The number of rotatable bonds is 3. The van der Waals surface area contributed by atoms with E-state index in [0.717, 1.165) is 39.3 Å². The number of benzene rings is 2. The van der Waals surface area contributed by atoms with Gasteiger partial charge in [-0.1, -0.05) is 86.6 Å². The van der Waals surface area contributed by atoms with Gasteiger partial charge < -0.3 is 9.47 Å². The average molecular weight is 437 g/mol. The summed E-state index contributed by atoms with van der Waals surface area (Å²) in [5.74, 6) is 1.04. The van der Waals surface area contributed by atoms with Crippen LogP contribution in [0.1, 0.15) is 102 Å². The lowest BCUT2D eigenvalue weighted by Gasteiger charge is -2.27. The maximum atomic E-state index is 13.2. The second-order valence-corrected chi connectivity index (χ2v) is 12.6. The van der Waals surface area contributed by atoms with Crippen LogP contribution in [-0.4, -0.2) is 12.6 Å². The normalized spacial score (nSPS) is 16.7. The third-order valence-corrected chi connectivity index (χ3v) is 6.01. The van der Waals surface area contributed by atoms with Gasteiger partial charge in [-0.2, -0.15) is 0 Å².